The number of para-hydroxylation sites is 1. The van der Waals surface area contributed by atoms with Crippen molar-refractivity contribution in [1.82, 2.24) is 9.97 Å². The van der Waals surface area contributed by atoms with Crippen LogP contribution >= 0.6 is 34.7 Å². The van der Waals surface area contributed by atoms with Crippen molar-refractivity contribution in [2.75, 3.05) is 0 Å². The Morgan fingerprint density at radius 1 is 0.913 bits per heavy atom. The molecule has 4 aromatic rings. The van der Waals surface area contributed by atoms with E-state index in [9.17, 15) is 0 Å². The van der Waals surface area contributed by atoms with Gasteiger partial charge in [0.15, 0.2) is 0 Å². The highest BCUT2D eigenvalue weighted by molar-refractivity contribution is 7.99. The SMILES string of the molecule is Clc1ccc(Sc2ncccc2-c2nc3ccccc3s2)cc1. The lowest BCUT2D eigenvalue weighted by Crippen LogP contribution is -1.85. The Hall–Kier alpha value is -1.88. The van der Waals surface area contributed by atoms with Crippen molar-refractivity contribution < 1.29 is 0 Å². The molecular weight excluding hydrogens is 344 g/mol. The molecular formula is C18H11ClN2S2. The lowest BCUT2D eigenvalue weighted by atomic mass is 10.3. The molecule has 2 heterocycles. The molecule has 0 radical (unpaired) electrons. The number of pyridine rings is 1. The molecule has 4 rings (SSSR count). The molecule has 0 amide bonds. The van der Waals surface area contributed by atoms with Crippen molar-refractivity contribution in [3.63, 3.8) is 0 Å². The second-order valence-corrected chi connectivity index (χ2v) is 7.43. The average molecular weight is 355 g/mol. The molecule has 0 unspecified atom stereocenters. The maximum Gasteiger partial charge on any atom is 0.127 e. The first kappa shape index (κ1) is 14.7. The van der Waals surface area contributed by atoms with Crippen LogP contribution in [0.25, 0.3) is 20.8 Å². The maximum atomic E-state index is 5.95. The van der Waals surface area contributed by atoms with Gasteiger partial charge in [0.25, 0.3) is 0 Å². The van der Waals surface area contributed by atoms with E-state index in [0.717, 1.165) is 31.0 Å². The van der Waals surface area contributed by atoms with E-state index >= 15 is 0 Å². The van der Waals surface area contributed by atoms with Gasteiger partial charge in [-0.05, 0) is 48.5 Å². The minimum absolute atomic E-state index is 0.738. The van der Waals surface area contributed by atoms with Gasteiger partial charge in [0.1, 0.15) is 10.0 Å². The van der Waals surface area contributed by atoms with E-state index in [1.807, 2.05) is 54.7 Å². The lowest BCUT2D eigenvalue weighted by Gasteiger charge is -2.05. The molecule has 2 aromatic heterocycles. The van der Waals surface area contributed by atoms with Gasteiger partial charge >= 0.3 is 0 Å². The van der Waals surface area contributed by atoms with E-state index in [-0.39, 0.29) is 0 Å². The molecule has 0 saturated carbocycles. The fraction of sp³-hybridized carbons (Fsp3) is 0. The summed E-state index contributed by atoms with van der Waals surface area (Å²) in [5.74, 6) is 0. The quantitative estimate of drug-likeness (QED) is 0.440. The summed E-state index contributed by atoms with van der Waals surface area (Å²) in [7, 11) is 0. The number of hydrogen-bond acceptors (Lipinski definition) is 4. The minimum atomic E-state index is 0.738. The fourth-order valence-electron chi connectivity index (χ4n) is 2.24. The first-order valence-corrected chi connectivity index (χ1v) is 9.05. The molecule has 0 saturated heterocycles. The first-order chi connectivity index (χ1) is 11.3. The molecule has 0 aliphatic carbocycles. The third-order valence-corrected chi connectivity index (χ3v) is 5.67. The summed E-state index contributed by atoms with van der Waals surface area (Å²) in [4.78, 5) is 10.4. The van der Waals surface area contributed by atoms with E-state index < -0.39 is 0 Å². The van der Waals surface area contributed by atoms with Gasteiger partial charge in [-0.1, -0.05) is 35.5 Å². The zero-order valence-corrected chi connectivity index (χ0v) is 14.3. The van der Waals surface area contributed by atoms with E-state index in [4.69, 9.17) is 16.6 Å². The number of nitrogens with zero attached hydrogens (tertiary/aromatic N) is 2. The molecule has 0 aliphatic heterocycles. The molecule has 0 bridgehead atoms. The van der Waals surface area contributed by atoms with Crippen LogP contribution in [0, 0.1) is 0 Å². The van der Waals surface area contributed by atoms with Crippen LogP contribution in [0.3, 0.4) is 0 Å². The van der Waals surface area contributed by atoms with E-state index in [1.54, 1.807) is 23.1 Å². The summed E-state index contributed by atoms with van der Waals surface area (Å²) in [6, 6.07) is 20.0. The van der Waals surface area contributed by atoms with Crippen LogP contribution < -0.4 is 0 Å². The Bertz CT molecular complexity index is 931. The first-order valence-electron chi connectivity index (χ1n) is 7.04. The Balaban J connectivity index is 1.75. The van der Waals surface area contributed by atoms with Gasteiger partial charge in [-0.25, -0.2) is 9.97 Å². The molecule has 0 spiro atoms. The summed E-state index contributed by atoms with van der Waals surface area (Å²) in [5, 5.41) is 2.69. The van der Waals surface area contributed by atoms with E-state index in [2.05, 4.69) is 17.1 Å². The number of thiazole rings is 1. The molecule has 23 heavy (non-hydrogen) atoms. The summed E-state index contributed by atoms with van der Waals surface area (Å²) in [5.41, 5.74) is 2.09. The molecule has 2 nitrogen and oxygen atoms in total. The second-order valence-electron chi connectivity index (χ2n) is 4.90. The van der Waals surface area contributed by atoms with E-state index in [0.29, 0.717) is 0 Å². The molecule has 0 atom stereocenters. The van der Waals surface area contributed by atoms with Crippen LogP contribution in [-0.4, -0.2) is 9.97 Å². The number of fused-ring (bicyclic) bond motifs is 1. The van der Waals surface area contributed by atoms with Gasteiger partial charge in [0.2, 0.25) is 0 Å². The zero-order valence-electron chi connectivity index (χ0n) is 11.9. The smallest absolute Gasteiger partial charge is 0.127 e. The lowest BCUT2D eigenvalue weighted by molar-refractivity contribution is 1.13. The number of benzene rings is 2. The third-order valence-electron chi connectivity index (χ3n) is 3.32. The van der Waals surface area contributed by atoms with Crippen LogP contribution in [0.1, 0.15) is 0 Å². The number of aromatic nitrogens is 2. The third kappa shape index (κ3) is 3.11. The van der Waals surface area contributed by atoms with Gasteiger partial charge in [-0.15, -0.1) is 11.3 Å². The molecule has 5 heteroatoms. The Morgan fingerprint density at radius 3 is 2.57 bits per heavy atom. The highest BCUT2D eigenvalue weighted by Gasteiger charge is 2.12. The van der Waals surface area contributed by atoms with Crippen LogP contribution in [0.4, 0.5) is 0 Å². The normalized spacial score (nSPS) is 11.0. The summed E-state index contributed by atoms with van der Waals surface area (Å²) in [6.07, 6.45) is 1.81. The summed E-state index contributed by atoms with van der Waals surface area (Å²) >= 11 is 9.27. The summed E-state index contributed by atoms with van der Waals surface area (Å²) < 4.78 is 1.19. The van der Waals surface area contributed by atoms with Crippen LogP contribution in [-0.2, 0) is 0 Å². The Morgan fingerprint density at radius 2 is 1.74 bits per heavy atom. The topological polar surface area (TPSA) is 25.8 Å². The highest BCUT2D eigenvalue weighted by atomic mass is 35.5. The van der Waals surface area contributed by atoms with Crippen LogP contribution in [0.15, 0.2) is 76.8 Å². The maximum absolute atomic E-state index is 5.95. The van der Waals surface area contributed by atoms with E-state index in [1.165, 1.54) is 4.70 Å². The van der Waals surface area contributed by atoms with Crippen molar-refractivity contribution >= 4 is 44.9 Å². The van der Waals surface area contributed by atoms with Crippen LogP contribution in [0.2, 0.25) is 5.02 Å². The molecule has 0 aliphatic rings. The minimum Gasteiger partial charge on any atom is -0.249 e. The van der Waals surface area contributed by atoms with Gasteiger partial charge in [0, 0.05) is 21.7 Å². The van der Waals surface area contributed by atoms with Gasteiger partial charge in [-0.3, -0.25) is 0 Å². The van der Waals surface area contributed by atoms with Gasteiger partial charge in [-0.2, -0.15) is 0 Å². The monoisotopic (exact) mass is 354 g/mol. The number of halogens is 1. The standard InChI is InChI=1S/C18H11ClN2S2/c19-12-7-9-13(10-8-12)22-17-14(4-3-11-20-17)18-21-15-5-1-2-6-16(15)23-18/h1-11H. The zero-order chi connectivity index (χ0) is 15.6. The van der Waals surface area contributed by atoms with Gasteiger partial charge < -0.3 is 0 Å². The highest BCUT2D eigenvalue weighted by Crippen LogP contribution is 2.37. The number of rotatable bonds is 3. The predicted octanol–water partition coefficient (Wildman–Crippen LogP) is 6.16. The van der Waals surface area contributed by atoms with Crippen molar-refractivity contribution in [3.8, 4) is 10.6 Å². The molecule has 112 valence electrons. The average Bonchev–Trinajstić information content (AvgIpc) is 3.01. The fourth-order valence-corrected chi connectivity index (χ4v) is 4.30. The van der Waals surface area contributed by atoms with Crippen LogP contribution in [0.5, 0.6) is 0 Å². The number of hydrogen-bond donors (Lipinski definition) is 0. The largest absolute Gasteiger partial charge is 0.249 e. The van der Waals surface area contributed by atoms with Crippen molar-refractivity contribution in [2.45, 2.75) is 9.92 Å². The van der Waals surface area contributed by atoms with Crippen molar-refractivity contribution in [2.24, 2.45) is 0 Å². The Labute approximate surface area is 147 Å². The summed E-state index contributed by atoms with van der Waals surface area (Å²) in [6.45, 7) is 0. The van der Waals surface area contributed by atoms with Crippen molar-refractivity contribution in [1.29, 1.82) is 0 Å². The van der Waals surface area contributed by atoms with Crippen molar-refractivity contribution in [3.05, 3.63) is 71.9 Å². The van der Waals surface area contributed by atoms with Gasteiger partial charge in [0.05, 0.1) is 10.2 Å². The predicted molar refractivity (Wildman–Crippen MR) is 98.4 cm³/mol. The molecule has 0 fully saturated rings. The molecule has 0 N–H and O–H groups in total. The Kier molecular flexibility index (Phi) is 4.04. The molecule has 2 aromatic carbocycles. The second kappa shape index (κ2) is 6.32.